The number of rotatable bonds is 1. The topological polar surface area (TPSA) is 14.0 Å². The largest absolute Gasteiger partial charge is 1.00 e. The summed E-state index contributed by atoms with van der Waals surface area (Å²) < 4.78 is 0. The van der Waals surface area contributed by atoms with Gasteiger partial charge in [-0.05, 0) is 20.8 Å². The first-order chi connectivity index (χ1) is 3.92. The summed E-state index contributed by atoms with van der Waals surface area (Å²) in [5, 5.41) is 0. The van der Waals surface area contributed by atoms with Crippen LogP contribution in [-0.2, 0) is 0 Å². The molecule has 1 nitrogen and oxygen atoms in total. The molecule has 0 unspecified atom stereocenters. The lowest BCUT2D eigenvalue weighted by atomic mass is 10.1. The molecule has 0 atom stereocenters. The summed E-state index contributed by atoms with van der Waals surface area (Å²) in [4.78, 5) is 3.30. The van der Waals surface area contributed by atoms with Crippen LogP contribution in [0.25, 0.3) is 0 Å². The molecule has 0 amide bonds. The fraction of sp³-hybridized carbons (Fsp3) is 0.875. The maximum absolute atomic E-state index is 3.30. The molecule has 0 fully saturated rings. The van der Waals surface area contributed by atoms with E-state index in [1.165, 1.54) is 0 Å². The summed E-state index contributed by atoms with van der Waals surface area (Å²) in [7, 11) is 0. The molecule has 1 N–H and O–H groups in total. The lowest BCUT2D eigenvalue weighted by Gasteiger charge is -2.04. The smallest absolute Gasteiger partial charge is 0.151 e. The zero-order valence-electron chi connectivity index (χ0n) is 7.53. The third-order valence-corrected chi connectivity index (χ3v) is 0.850. The van der Waals surface area contributed by atoms with Crippen LogP contribution in [0, 0.1) is 5.92 Å². The molecule has 0 rings (SSSR count). The van der Waals surface area contributed by atoms with E-state index in [1.54, 1.807) is 0 Å². The minimum atomic E-state index is 0. The number of hydrogen-bond donors (Lipinski definition) is 1. The van der Waals surface area contributed by atoms with Crippen LogP contribution in [0.3, 0.4) is 0 Å². The molecule has 0 bridgehead atoms. The van der Waals surface area contributed by atoms with Gasteiger partial charge in [0.05, 0.1) is 0 Å². The standard InChI is InChI=1S/C8H17N.BrH/c1-7(2)6-9-8(3,4)5;/h6-7H,1-5H3;1H. The maximum Gasteiger partial charge on any atom is 0.151 e. The fourth-order valence-corrected chi connectivity index (χ4v) is 0.417. The van der Waals surface area contributed by atoms with Crippen molar-refractivity contribution in [2.45, 2.75) is 40.2 Å². The van der Waals surface area contributed by atoms with E-state index in [-0.39, 0.29) is 22.5 Å². The van der Waals surface area contributed by atoms with E-state index in [0.29, 0.717) is 5.92 Å². The van der Waals surface area contributed by atoms with E-state index >= 15 is 0 Å². The van der Waals surface area contributed by atoms with Crippen LogP contribution < -0.4 is 22.0 Å². The molecule has 0 aromatic heterocycles. The lowest BCUT2D eigenvalue weighted by Crippen LogP contribution is -3.00. The van der Waals surface area contributed by atoms with Crippen LogP contribution in [0.4, 0.5) is 0 Å². The Balaban J connectivity index is 0. The van der Waals surface area contributed by atoms with E-state index < -0.39 is 0 Å². The Bertz CT molecular complexity index is 100. The Morgan fingerprint density at radius 1 is 1.20 bits per heavy atom. The van der Waals surface area contributed by atoms with E-state index in [0.717, 1.165) is 0 Å². The summed E-state index contributed by atoms with van der Waals surface area (Å²) in [6.45, 7) is 10.8. The Hall–Kier alpha value is 0.150. The minimum absolute atomic E-state index is 0. The Kier molecular flexibility index (Phi) is 6.25. The second kappa shape index (κ2) is 4.89. The molecular formula is C8H18BrN. The van der Waals surface area contributed by atoms with Crippen LogP contribution >= 0.6 is 0 Å². The quantitative estimate of drug-likeness (QED) is 0.462. The first kappa shape index (κ1) is 12.8. The molecule has 0 aliphatic heterocycles. The second-order valence-electron chi connectivity index (χ2n) is 3.81. The summed E-state index contributed by atoms with van der Waals surface area (Å²) in [6, 6.07) is 0. The molecule has 0 aromatic carbocycles. The van der Waals surface area contributed by atoms with Gasteiger partial charge in [0.2, 0.25) is 0 Å². The predicted molar refractivity (Wildman–Crippen MR) is 41.6 cm³/mol. The average molecular weight is 208 g/mol. The summed E-state index contributed by atoms with van der Waals surface area (Å²) >= 11 is 0. The molecule has 0 heterocycles. The average Bonchev–Trinajstić information content (AvgIpc) is 1.59. The van der Waals surface area contributed by atoms with Crippen molar-refractivity contribution in [2.24, 2.45) is 5.92 Å². The van der Waals surface area contributed by atoms with Gasteiger partial charge in [0.25, 0.3) is 0 Å². The maximum atomic E-state index is 3.30. The van der Waals surface area contributed by atoms with Gasteiger partial charge in [-0.1, -0.05) is 13.8 Å². The molecule has 62 valence electrons. The highest BCUT2D eigenvalue weighted by atomic mass is 79.9. The molecule has 10 heavy (non-hydrogen) atoms. The Labute approximate surface area is 74.7 Å². The van der Waals surface area contributed by atoms with Crippen molar-refractivity contribution in [1.82, 2.24) is 0 Å². The second-order valence-corrected chi connectivity index (χ2v) is 3.81. The van der Waals surface area contributed by atoms with E-state index in [1.807, 2.05) is 0 Å². The van der Waals surface area contributed by atoms with E-state index in [2.05, 4.69) is 45.8 Å². The predicted octanol–water partition coefficient (Wildman–Crippen LogP) is -2.40. The molecule has 0 saturated heterocycles. The van der Waals surface area contributed by atoms with E-state index in [4.69, 9.17) is 0 Å². The van der Waals surface area contributed by atoms with Crippen LogP contribution in [0.15, 0.2) is 0 Å². The van der Waals surface area contributed by atoms with Crippen LogP contribution in [-0.4, -0.2) is 11.8 Å². The van der Waals surface area contributed by atoms with Crippen LogP contribution in [0.1, 0.15) is 34.6 Å². The summed E-state index contributed by atoms with van der Waals surface area (Å²) in [6.07, 6.45) is 2.12. The zero-order valence-corrected chi connectivity index (χ0v) is 9.12. The minimum Gasteiger partial charge on any atom is -1.00 e. The van der Waals surface area contributed by atoms with Crippen LogP contribution in [0.5, 0.6) is 0 Å². The van der Waals surface area contributed by atoms with Crippen molar-refractivity contribution < 1.29 is 22.0 Å². The van der Waals surface area contributed by atoms with Crippen molar-refractivity contribution in [3.63, 3.8) is 0 Å². The lowest BCUT2D eigenvalue weighted by molar-refractivity contribution is -0.536. The molecule has 0 radical (unpaired) electrons. The van der Waals surface area contributed by atoms with Gasteiger partial charge in [-0.25, -0.2) is 4.99 Å². The third-order valence-electron chi connectivity index (χ3n) is 0.850. The third kappa shape index (κ3) is 11.0. The zero-order chi connectivity index (χ0) is 7.49. The number of nitrogens with one attached hydrogen (secondary N) is 1. The van der Waals surface area contributed by atoms with Crippen molar-refractivity contribution in [3.05, 3.63) is 0 Å². The molecule has 2 heteroatoms. The molecule has 0 aliphatic carbocycles. The summed E-state index contributed by atoms with van der Waals surface area (Å²) in [5.74, 6) is 0.629. The van der Waals surface area contributed by atoms with Gasteiger partial charge in [0, 0.05) is 5.92 Å². The first-order valence-electron chi connectivity index (χ1n) is 3.53. The first-order valence-corrected chi connectivity index (χ1v) is 3.53. The Morgan fingerprint density at radius 3 is 1.70 bits per heavy atom. The monoisotopic (exact) mass is 207 g/mol. The number of halogens is 1. The van der Waals surface area contributed by atoms with Crippen molar-refractivity contribution in [3.8, 4) is 0 Å². The van der Waals surface area contributed by atoms with Gasteiger partial charge in [0.15, 0.2) is 5.54 Å². The van der Waals surface area contributed by atoms with E-state index in [9.17, 15) is 0 Å². The highest BCUT2D eigenvalue weighted by Crippen LogP contribution is 1.87. The van der Waals surface area contributed by atoms with Gasteiger partial charge in [-0.3, -0.25) is 0 Å². The molecular weight excluding hydrogens is 190 g/mol. The highest BCUT2D eigenvalue weighted by Gasteiger charge is 2.11. The van der Waals surface area contributed by atoms with Crippen molar-refractivity contribution >= 4 is 6.21 Å². The van der Waals surface area contributed by atoms with Gasteiger partial charge in [-0.2, -0.15) is 0 Å². The molecule has 0 aromatic rings. The normalized spacial score (nSPS) is 12.2. The summed E-state index contributed by atoms with van der Waals surface area (Å²) in [5.41, 5.74) is 0.226. The molecule has 0 spiro atoms. The fourth-order valence-electron chi connectivity index (χ4n) is 0.417. The SMILES string of the molecule is CC(C)C=[NH+]C(C)(C)C.[Br-]. The van der Waals surface area contributed by atoms with Crippen LogP contribution in [0.2, 0.25) is 0 Å². The van der Waals surface area contributed by atoms with Gasteiger partial charge in [-0.15, -0.1) is 0 Å². The van der Waals surface area contributed by atoms with Crippen molar-refractivity contribution in [1.29, 1.82) is 0 Å². The Morgan fingerprint density at radius 2 is 1.60 bits per heavy atom. The highest BCUT2D eigenvalue weighted by molar-refractivity contribution is 5.52. The van der Waals surface area contributed by atoms with Gasteiger partial charge in [0.1, 0.15) is 6.21 Å². The van der Waals surface area contributed by atoms with Gasteiger partial charge < -0.3 is 17.0 Å². The van der Waals surface area contributed by atoms with Crippen molar-refractivity contribution in [2.75, 3.05) is 0 Å². The number of hydrogen-bond acceptors (Lipinski definition) is 0. The van der Waals surface area contributed by atoms with Gasteiger partial charge >= 0.3 is 0 Å². The molecule has 0 aliphatic rings. The molecule has 0 saturated carbocycles.